The van der Waals surface area contributed by atoms with E-state index in [2.05, 4.69) is 5.32 Å². The van der Waals surface area contributed by atoms with Crippen LogP contribution in [0.25, 0.3) is 10.8 Å². The Morgan fingerprint density at radius 1 is 0.837 bits per heavy atom. The molecule has 0 spiro atoms. The Balaban J connectivity index is 1.30. The minimum absolute atomic E-state index is 0.255. The molecule has 3 unspecified atom stereocenters. The highest BCUT2D eigenvalue weighted by Gasteiger charge is 2.57. The number of hydrogen-bond acceptors (Lipinski definition) is 6. The zero-order chi connectivity index (χ0) is 29.8. The van der Waals surface area contributed by atoms with Crippen LogP contribution in [0, 0.1) is 5.92 Å². The molecular weight excluding hydrogens is 625 g/mol. The van der Waals surface area contributed by atoms with E-state index < -0.39 is 17.1 Å². The van der Waals surface area contributed by atoms with Gasteiger partial charge in [0, 0.05) is 21.9 Å². The molecule has 2 aliphatic rings. The van der Waals surface area contributed by atoms with Crippen molar-refractivity contribution in [2.45, 2.75) is 22.7 Å². The van der Waals surface area contributed by atoms with E-state index in [0.717, 1.165) is 33.9 Å². The molecule has 1 N–H and O–H groups in total. The molecule has 3 heterocycles. The number of imide groups is 1. The third kappa shape index (κ3) is 4.67. The number of fused-ring (bicyclic) bond motifs is 3. The number of rotatable bonds is 5. The fraction of sp³-hybridized carbons (Fsp3) is 0.125. The Morgan fingerprint density at radius 3 is 2.37 bits per heavy atom. The van der Waals surface area contributed by atoms with E-state index in [1.807, 2.05) is 48.5 Å². The molecular formula is C32H21Cl2N3O4S2. The molecule has 43 heavy (non-hydrogen) atoms. The Labute approximate surface area is 264 Å². The van der Waals surface area contributed by atoms with Crippen molar-refractivity contribution in [3.63, 3.8) is 0 Å². The van der Waals surface area contributed by atoms with Crippen molar-refractivity contribution in [2.24, 2.45) is 5.92 Å². The van der Waals surface area contributed by atoms with Crippen molar-refractivity contribution in [1.82, 2.24) is 4.57 Å². The number of aromatic nitrogens is 1. The predicted octanol–water partition coefficient (Wildman–Crippen LogP) is 6.80. The molecule has 0 aliphatic carbocycles. The Hall–Kier alpha value is -3.89. The van der Waals surface area contributed by atoms with Crippen molar-refractivity contribution < 1.29 is 14.4 Å². The molecule has 1 aromatic heterocycles. The molecule has 0 saturated carbocycles. The summed E-state index contributed by atoms with van der Waals surface area (Å²) in [5.41, 5.74) is 1.65. The fourth-order valence-corrected chi connectivity index (χ4v) is 9.04. The number of benzene rings is 4. The predicted molar refractivity (Wildman–Crippen MR) is 172 cm³/mol. The van der Waals surface area contributed by atoms with E-state index in [0.29, 0.717) is 31.9 Å². The van der Waals surface area contributed by atoms with Gasteiger partial charge in [0.15, 0.2) is 0 Å². The first-order valence-electron chi connectivity index (χ1n) is 13.4. The van der Waals surface area contributed by atoms with E-state index in [1.54, 1.807) is 42.5 Å². The smallest absolute Gasteiger partial charge is 0.308 e. The van der Waals surface area contributed by atoms with Gasteiger partial charge in [0.05, 0.1) is 26.7 Å². The van der Waals surface area contributed by atoms with Crippen LogP contribution in [0.5, 0.6) is 0 Å². The van der Waals surface area contributed by atoms with Crippen molar-refractivity contribution in [2.75, 3.05) is 10.2 Å². The molecule has 7 rings (SSSR count). The standard InChI is InChI=1S/C32H21Cl2N3O4S2/c33-21-14-7-13-20(26(21)34)24-25-27(30(40)37(29(25)39)18-10-2-1-3-11-18)42-31-28(24)43-32(41)36(31)16-23(38)35-22-15-6-9-17-8-4-5-12-19(17)22/h1-15,24-25,27H,16H2,(H,35,38). The van der Waals surface area contributed by atoms with Gasteiger partial charge in [0.2, 0.25) is 17.7 Å². The number of hydrogen-bond donors (Lipinski definition) is 1. The Bertz CT molecular complexity index is 2000. The number of halogens is 2. The summed E-state index contributed by atoms with van der Waals surface area (Å²) in [4.78, 5) is 56.1. The first kappa shape index (κ1) is 27.9. The number of nitrogens with one attached hydrogen (secondary N) is 1. The van der Waals surface area contributed by atoms with Crippen LogP contribution in [0.1, 0.15) is 16.4 Å². The zero-order valence-electron chi connectivity index (χ0n) is 22.2. The highest BCUT2D eigenvalue weighted by molar-refractivity contribution is 8.00. The number of anilines is 2. The summed E-state index contributed by atoms with van der Waals surface area (Å²) in [7, 11) is 0. The number of carbonyl (C=O) groups excluding carboxylic acids is 3. The molecule has 4 aromatic carbocycles. The molecule has 3 atom stereocenters. The van der Waals surface area contributed by atoms with Gasteiger partial charge in [-0.1, -0.05) is 113 Å². The summed E-state index contributed by atoms with van der Waals surface area (Å²) in [6.45, 7) is -0.265. The van der Waals surface area contributed by atoms with Crippen LogP contribution >= 0.6 is 46.3 Å². The average Bonchev–Trinajstić information content (AvgIpc) is 3.45. The fourth-order valence-electron chi connectivity index (χ4n) is 5.85. The molecule has 1 fully saturated rings. The van der Waals surface area contributed by atoms with Crippen molar-refractivity contribution >= 4 is 86.2 Å². The molecule has 0 bridgehead atoms. The largest absolute Gasteiger partial charge is 0.324 e. The second-order valence-corrected chi connectivity index (χ2v) is 13.1. The van der Waals surface area contributed by atoms with Gasteiger partial charge < -0.3 is 5.32 Å². The van der Waals surface area contributed by atoms with Gasteiger partial charge in [-0.2, -0.15) is 0 Å². The number of nitrogens with zero attached hydrogens (tertiary/aromatic N) is 2. The van der Waals surface area contributed by atoms with E-state index in [4.69, 9.17) is 23.2 Å². The third-order valence-corrected chi connectivity index (χ3v) is 11.2. The second kappa shape index (κ2) is 11.0. The van der Waals surface area contributed by atoms with Gasteiger partial charge in [-0.25, -0.2) is 4.90 Å². The number of amides is 3. The lowest BCUT2D eigenvalue weighted by Crippen LogP contribution is -2.33. The van der Waals surface area contributed by atoms with E-state index in [9.17, 15) is 19.2 Å². The van der Waals surface area contributed by atoms with Gasteiger partial charge in [-0.15, -0.1) is 0 Å². The molecule has 7 nitrogen and oxygen atoms in total. The SMILES string of the molecule is O=C(Cn1c2c(sc1=O)C(c1cccc(Cl)c1Cl)C1C(=O)N(c3ccccc3)C(=O)C1S2)Nc1cccc2ccccc12. The topological polar surface area (TPSA) is 88.5 Å². The molecule has 2 aliphatic heterocycles. The normalized spacial score (nSPS) is 19.4. The van der Waals surface area contributed by atoms with Crippen LogP contribution < -0.4 is 15.1 Å². The highest BCUT2D eigenvalue weighted by Crippen LogP contribution is 2.55. The average molecular weight is 647 g/mol. The lowest BCUT2D eigenvalue weighted by molar-refractivity contribution is -0.122. The zero-order valence-corrected chi connectivity index (χ0v) is 25.3. The van der Waals surface area contributed by atoms with Crippen LogP contribution in [-0.4, -0.2) is 27.5 Å². The first-order chi connectivity index (χ1) is 20.8. The lowest BCUT2D eigenvalue weighted by Gasteiger charge is -2.31. The molecule has 1 saturated heterocycles. The van der Waals surface area contributed by atoms with Crippen LogP contribution in [0.4, 0.5) is 11.4 Å². The van der Waals surface area contributed by atoms with Gasteiger partial charge in [-0.05, 0) is 35.2 Å². The quantitative estimate of drug-likeness (QED) is 0.212. The Kier molecular flexibility index (Phi) is 7.13. The molecule has 3 amide bonds. The van der Waals surface area contributed by atoms with E-state index in [-0.39, 0.29) is 34.2 Å². The maximum Gasteiger partial charge on any atom is 0.308 e. The van der Waals surface area contributed by atoms with Crippen LogP contribution in [-0.2, 0) is 20.9 Å². The number of thiazole rings is 1. The number of carbonyl (C=O) groups is 3. The summed E-state index contributed by atoms with van der Waals surface area (Å²) < 4.78 is 1.38. The summed E-state index contributed by atoms with van der Waals surface area (Å²) in [5.74, 6) is -2.68. The number of thioether (sulfide) groups is 1. The minimum atomic E-state index is -0.832. The molecule has 214 valence electrons. The minimum Gasteiger partial charge on any atom is -0.324 e. The summed E-state index contributed by atoms with van der Waals surface area (Å²) in [6, 6.07) is 27.2. The van der Waals surface area contributed by atoms with Crippen LogP contribution in [0.2, 0.25) is 10.0 Å². The lowest BCUT2D eigenvalue weighted by atomic mass is 9.83. The maximum atomic E-state index is 14.0. The Morgan fingerprint density at radius 2 is 1.56 bits per heavy atom. The summed E-state index contributed by atoms with van der Waals surface area (Å²) in [5, 5.41) is 4.98. The van der Waals surface area contributed by atoms with Gasteiger partial charge >= 0.3 is 4.87 Å². The maximum absolute atomic E-state index is 14.0. The van der Waals surface area contributed by atoms with E-state index in [1.165, 1.54) is 9.47 Å². The van der Waals surface area contributed by atoms with Crippen LogP contribution in [0.3, 0.4) is 0 Å². The monoisotopic (exact) mass is 645 g/mol. The summed E-state index contributed by atoms with van der Waals surface area (Å²) in [6.07, 6.45) is 0. The van der Waals surface area contributed by atoms with Crippen molar-refractivity contribution in [3.8, 4) is 0 Å². The van der Waals surface area contributed by atoms with Gasteiger partial charge in [0.25, 0.3) is 0 Å². The summed E-state index contributed by atoms with van der Waals surface area (Å²) >= 11 is 15.2. The first-order valence-corrected chi connectivity index (χ1v) is 15.8. The van der Waals surface area contributed by atoms with Gasteiger partial charge in [-0.3, -0.25) is 23.7 Å². The van der Waals surface area contributed by atoms with Crippen molar-refractivity contribution in [3.05, 3.63) is 121 Å². The molecule has 11 heteroatoms. The second-order valence-electron chi connectivity index (χ2n) is 10.2. The number of para-hydroxylation sites is 1. The van der Waals surface area contributed by atoms with Crippen molar-refractivity contribution in [1.29, 1.82) is 0 Å². The van der Waals surface area contributed by atoms with Crippen LogP contribution in [0.15, 0.2) is 101 Å². The van der Waals surface area contributed by atoms with Gasteiger partial charge in [0.1, 0.15) is 11.8 Å². The third-order valence-electron chi connectivity index (χ3n) is 7.75. The molecule has 5 aromatic rings. The molecule has 0 radical (unpaired) electrons. The highest BCUT2D eigenvalue weighted by atomic mass is 35.5. The van der Waals surface area contributed by atoms with E-state index >= 15 is 0 Å².